The largest absolute Gasteiger partial charge is 0.453 e. The number of nitrogens with zero attached hydrogens (tertiary/aromatic N) is 1. The molecule has 0 saturated heterocycles. The summed E-state index contributed by atoms with van der Waals surface area (Å²) in [6, 6.07) is 7.85. The van der Waals surface area contributed by atoms with Crippen LogP contribution in [0, 0.1) is 0 Å². The van der Waals surface area contributed by atoms with Crippen LogP contribution in [0.5, 0.6) is 0 Å². The topological polar surface area (TPSA) is 33.5 Å². The van der Waals surface area contributed by atoms with E-state index in [0.29, 0.717) is 5.76 Å². The van der Waals surface area contributed by atoms with Gasteiger partial charge in [-0.25, -0.2) is 0 Å². The number of Topliss-reactive ketones (excluding diaryl/α,β-unsaturated/α-hetero) is 1. The van der Waals surface area contributed by atoms with Crippen LogP contribution in [0.2, 0.25) is 0 Å². The third kappa shape index (κ3) is 2.18. The van der Waals surface area contributed by atoms with E-state index in [0.717, 1.165) is 29.7 Å². The van der Waals surface area contributed by atoms with Crippen molar-refractivity contribution in [2.24, 2.45) is 0 Å². The highest BCUT2D eigenvalue weighted by Gasteiger charge is 2.09. The summed E-state index contributed by atoms with van der Waals surface area (Å²) in [5.74, 6) is 0.391. The zero-order valence-corrected chi connectivity index (χ0v) is 10.5. The molecule has 0 unspecified atom stereocenters. The van der Waals surface area contributed by atoms with Gasteiger partial charge in [-0.05, 0) is 32.0 Å². The molecule has 1 aromatic heterocycles. The molecule has 0 amide bonds. The fourth-order valence-electron chi connectivity index (χ4n) is 1.98. The standard InChI is InChI=1S/C14H17NO2/c1-4-15(5-2)12-7-6-11-8-13(10(3)16)17-14(11)9-12/h6-9H,4-5H2,1-3H3. The molecule has 0 fully saturated rings. The summed E-state index contributed by atoms with van der Waals surface area (Å²) in [7, 11) is 0. The fraction of sp³-hybridized carbons (Fsp3) is 0.357. The minimum atomic E-state index is -0.0365. The van der Waals surface area contributed by atoms with Crippen LogP contribution >= 0.6 is 0 Å². The molecule has 0 aliphatic carbocycles. The van der Waals surface area contributed by atoms with Gasteiger partial charge in [-0.3, -0.25) is 4.79 Å². The van der Waals surface area contributed by atoms with Gasteiger partial charge in [0.05, 0.1) is 0 Å². The summed E-state index contributed by atoms with van der Waals surface area (Å²) < 4.78 is 5.53. The lowest BCUT2D eigenvalue weighted by molar-refractivity contribution is 0.0989. The molecule has 17 heavy (non-hydrogen) atoms. The van der Waals surface area contributed by atoms with Crippen molar-refractivity contribution in [3.05, 3.63) is 30.0 Å². The molecule has 90 valence electrons. The van der Waals surface area contributed by atoms with Gasteiger partial charge >= 0.3 is 0 Å². The number of rotatable bonds is 4. The van der Waals surface area contributed by atoms with Gasteiger partial charge in [0.15, 0.2) is 11.5 Å². The van der Waals surface area contributed by atoms with E-state index < -0.39 is 0 Å². The summed E-state index contributed by atoms with van der Waals surface area (Å²) in [6.45, 7) is 7.68. The maximum Gasteiger partial charge on any atom is 0.194 e. The summed E-state index contributed by atoms with van der Waals surface area (Å²) in [4.78, 5) is 13.5. The van der Waals surface area contributed by atoms with E-state index in [1.165, 1.54) is 6.92 Å². The number of anilines is 1. The first kappa shape index (κ1) is 11.7. The lowest BCUT2D eigenvalue weighted by Gasteiger charge is -2.20. The molecule has 2 rings (SSSR count). The highest BCUT2D eigenvalue weighted by molar-refractivity contribution is 5.96. The van der Waals surface area contributed by atoms with E-state index in [2.05, 4.69) is 24.8 Å². The predicted octanol–water partition coefficient (Wildman–Crippen LogP) is 3.48. The lowest BCUT2D eigenvalue weighted by Crippen LogP contribution is -2.21. The number of carbonyl (C=O) groups excluding carboxylic acids is 1. The molecule has 0 aliphatic rings. The van der Waals surface area contributed by atoms with Gasteiger partial charge in [-0.15, -0.1) is 0 Å². The van der Waals surface area contributed by atoms with Crippen molar-refractivity contribution >= 4 is 22.4 Å². The molecule has 0 bridgehead atoms. The van der Waals surface area contributed by atoms with E-state index in [4.69, 9.17) is 4.42 Å². The highest BCUT2D eigenvalue weighted by atomic mass is 16.3. The van der Waals surface area contributed by atoms with Gasteiger partial charge in [0, 0.05) is 37.2 Å². The number of fused-ring (bicyclic) bond motifs is 1. The zero-order valence-electron chi connectivity index (χ0n) is 10.5. The molecule has 0 atom stereocenters. The maximum absolute atomic E-state index is 11.2. The molecule has 2 aromatic rings. The Bertz CT molecular complexity index is 538. The average Bonchev–Trinajstić information content (AvgIpc) is 2.74. The SMILES string of the molecule is CCN(CC)c1ccc2cc(C(C)=O)oc2c1. The van der Waals surface area contributed by atoms with Crippen LogP contribution in [0.25, 0.3) is 11.0 Å². The Hall–Kier alpha value is -1.77. The Labute approximate surface area is 101 Å². The number of hydrogen-bond donors (Lipinski definition) is 0. The molecular formula is C14H17NO2. The second-order valence-corrected chi connectivity index (χ2v) is 4.06. The van der Waals surface area contributed by atoms with E-state index >= 15 is 0 Å². The molecule has 0 saturated carbocycles. The van der Waals surface area contributed by atoms with Crippen LogP contribution in [0.3, 0.4) is 0 Å². The quantitative estimate of drug-likeness (QED) is 0.755. The normalized spacial score (nSPS) is 10.8. The summed E-state index contributed by atoms with van der Waals surface area (Å²) in [5, 5.41) is 0.978. The first-order valence-corrected chi connectivity index (χ1v) is 5.95. The number of furan rings is 1. The van der Waals surface area contributed by atoms with E-state index in [-0.39, 0.29) is 5.78 Å². The first-order chi connectivity index (χ1) is 8.15. The van der Waals surface area contributed by atoms with Gasteiger partial charge in [0.2, 0.25) is 0 Å². The summed E-state index contributed by atoms with van der Waals surface area (Å²) in [5.41, 5.74) is 1.91. The number of ketones is 1. The van der Waals surface area contributed by atoms with Gasteiger partial charge in [0.1, 0.15) is 5.58 Å². The average molecular weight is 231 g/mol. The third-order valence-corrected chi connectivity index (χ3v) is 2.98. The number of benzene rings is 1. The van der Waals surface area contributed by atoms with Gasteiger partial charge in [-0.1, -0.05) is 0 Å². The Morgan fingerprint density at radius 3 is 2.53 bits per heavy atom. The van der Waals surface area contributed by atoms with Crippen molar-refractivity contribution in [1.82, 2.24) is 0 Å². The van der Waals surface area contributed by atoms with E-state index in [1.54, 1.807) is 6.07 Å². The zero-order chi connectivity index (χ0) is 12.4. The smallest absolute Gasteiger partial charge is 0.194 e. The van der Waals surface area contributed by atoms with Crippen LogP contribution in [0.4, 0.5) is 5.69 Å². The minimum Gasteiger partial charge on any atom is -0.453 e. The Kier molecular flexibility index (Phi) is 3.18. The van der Waals surface area contributed by atoms with Crippen LogP contribution in [-0.4, -0.2) is 18.9 Å². The van der Waals surface area contributed by atoms with Crippen molar-refractivity contribution in [2.75, 3.05) is 18.0 Å². The summed E-state index contributed by atoms with van der Waals surface area (Å²) in [6.07, 6.45) is 0. The molecule has 3 heteroatoms. The van der Waals surface area contributed by atoms with Crippen LogP contribution < -0.4 is 4.90 Å². The molecule has 0 spiro atoms. The number of carbonyl (C=O) groups is 1. The van der Waals surface area contributed by atoms with Crippen molar-refractivity contribution < 1.29 is 9.21 Å². The minimum absolute atomic E-state index is 0.0365. The van der Waals surface area contributed by atoms with Crippen LogP contribution in [0.1, 0.15) is 31.3 Å². The second kappa shape index (κ2) is 4.62. The molecule has 0 aliphatic heterocycles. The van der Waals surface area contributed by atoms with Gasteiger partial charge in [0.25, 0.3) is 0 Å². The first-order valence-electron chi connectivity index (χ1n) is 5.95. The van der Waals surface area contributed by atoms with Crippen molar-refractivity contribution in [3.8, 4) is 0 Å². The van der Waals surface area contributed by atoms with Crippen molar-refractivity contribution in [1.29, 1.82) is 0 Å². The molecular weight excluding hydrogens is 214 g/mol. The van der Waals surface area contributed by atoms with E-state index in [9.17, 15) is 4.79 Å². The second-order valence-electron chi connectivity index (χ2n) is 4.06. The molecule has 1 heterocycles. The van der Waals surface area contributed by atoms with Crippen molar-refractivity contribution in [3.63, 3.8) is 0 Å². The van der Waals surface area contributed by atoms with Gasteiger partial charge < -0.3 is 9.32 Å². The van der Waals surface area contributed by atoms with Crippen LogP contribution in [-0.2, 0) is 0 Å². The van der Waals surface area contributed by atoms with Gasteiger partial charge in [-0.2, -0.15) is 0 Å². The molecule has 3 nitrogen and oxygen atoms in total. The lowest BCUT2D eigenvalue weighted by atomic mass is 10.2. The Morgan fingerprint density at radius 2 is 1.94 bits per heavy atom. The third-order valence-electron chi connectivity index (χ3n) is 2.98. The maximum atomic E-state index is 11.2. The van der Waals surface area contributed by atoms with E-state index in [1.807, 2.05) is 12.1 Å². The van der Waals surface area contributed by atoms with Crippen molar-refractivity contribution in [2.45, 2.75) is 20.8 Å². The molecule has 1 aromatic carbocycles. The molecule has 0 radical (unpaired) electrons. The Morgan fingerprint density at radius 1 is 1.24 bits per heavy atom. The fourth-order valence-corrected chi connectivity index (χ4v) is 1.98. The monoisotopic (exact) mass is 231 g/mol. The predicted molar refractivity (Wildman–Crippen MR) is 69.8 cm³/mol. The van der Waals surface area contributed by atoms with Crippen LogP contribution in [0.15, 0.2) is 28.7 Å². The molecule has 0 N–H and O–H groups in total. The number of hydrogen-bond acceptors (Lipinski definition) is 3. The summed E-state index contributed by atoms with van der Waals surface area (Å²) >= 11 is 0. The highest BCUT2D eigenvalue weighted by Crippen LogP contribution is 2.25. The Balaban J connectivity index is 2.46.